The minimum atomic E-state index is -4.47. The topological polar surface area (TPSA) is 88.4 Å². The Balaban J connectivity index is 2.08. The third kappa shape index (κ3) is 5.10. The molecule has 0 fully saturated rings. The molecule has 0 aliphatic heterocycles. The van der Waals surface area contributed by atoms with Crippen molar-refractivity contribution in [2.75, 3.05) is 12.0 Å². The summed E-state index contributed by atoms with van der Waals surface area (Å²) in [6, 6.07) is 1.12. The van der Waals surface area contributed by atoms with Gasteiger partial charge in [0.15, 0.2) is 11.5 Å². The Bertz CT molecular complexity index is 793. The number of carbonyl (C=O) groups is 2. The highest BCUT2D eigenvalue weighted by Gasteiger charge is 2.31. The number of aromatic nitrogens is 3. The number of rotatable bonds is 7. The average Bonchev–Trinajstić information content (AvgIpc) is 2.97. The first-order valence-corrected chi connectivity index (χ1v) is 9.06. The van der Waals surface area contributed by atoms with Crippen LogP contribution in [-0.4, -0.2) is 44.5 Å². The normalized spacial score (nSPS) is 12.8. The lowest BCUT2D eigenvalue weighted by molar-refractivity contribution is -0.137. The van der Waals surface area contributed by atoms with Crippen molar-refractivity contribution >= 4 is 29.2 Å². The van der Waals surface area contributed by atoms with Gasteiger partial charge in [0.1, 0.15) is 6.04 Å². The van der Waals surface area contributed by atoms with Crippen LogP contribution in [0, 0.1) is 0 Å². The van der Waals surface area contributed by atoms with E-state index in [0.29, 0.717) is 12.2 Å². The van der Waals surface area contributed by atoms with Crippen LogP contribution in [-0.2, 0) is 22.3 Å². The van der Waals surface area contributed by atoms with Crippen LogP contribution in [0.25, 0.3) is 5.65 Å². The highest BCUT2D eigenvalue weighted by molar-refractivity contribution is 7.98. The highest BCUT2D eigenvalue weighted by atomic mass is 32.2. The molecular weight excluding hydrogens is 371 g/mol. The van der Waals surface area contributed by atoms with Crippen molar-refractivity contribution < 1.29 is 22.8 Å². The van der Waals surface area contributed by atoms with Crippen molar-refractivity contribution in [1.82, 2.24) is 25.2 Å². The minimum absolute atomic E-state index is 0.0271. The van der Waals surface area contributed by atoms with Crippen molar-refractivity contribution in [1.29, 1.82) is 0 Å². The van der Waals surface area contributed by atoms with E-state index >= 15 is 0 Å². The highest BCUT2D eigenvalue weighted by Crippen LogP contribution is 2.29. The number of nitrogens with one attached hydrogen (secondary N) is 2. The molecule has 142 valence electrons. The Morgan fingerprint density at radius 2 is 2.08 bits per heavy atom. The Morgan fingerprint density at radius 3 is 2.69 bits per heavy atom. The Hall–Kier alpha value is -2.30. The zero-order valence-corrected chi connectivity index (χ0v) is 14.9. The van der Waals surface area contributed by atoms with Gasteiger partial charge in [-0.1, -0.05) is 0 Å². The number of carbonyl (C=O) groups excluding carboxylic acids is 2. The number of hydrogen-bond acceptors (Lipinski definition) is 5. The third-order valence-electron chi connectivity index (χ3n) is 3.53. The van der Waals surface area contributed by atoms with Gasteiger partial charge in [0, 0.05) is 13.1 Å². The first-order chi connectivity index (χ1) is 12.2. The molecule has 0 aliphatic carbocycles. The smallest absolute Gasteiger partial charge is 0.347 e. The number of hydrogen-bond donors (Lipinski definition) is 2. The summed E-state index contributed by atoms with van der Waals surface area (Å²) in [6.07, 6.45) is -0.911. The summed E-state index contributed by atoms with van der Waals surface area (Å²) < 4.78 is 39.5. The predicted octanol–water partition coefficient (Wildman–Crippen LogP) is 1.62. The number of pyridine rings is 1. The molecule has 2 rings (SSSR count). The minimum Gasteiger partial charge on any atom is -0.347 e. The molecule has 2 N–H and O–H groups in total. The van der Waals surface area contributed by atoms with Crippen LogP contribution in [0.5, 0.6) is 0 Å². The number of amides is 2. The molecule has 0 saturated carbocycles. The van der Waals surface area contributed by atoms with Gasteiger partial charge in [0.2, 0.25) is 11.8 Å². The second kappa shape index (κ2) is 8.39. The summed E-state index contributed by atoms with van der Waals surface area (Å²) in [5, 5.41) is 12.7. The second-order valence-corrected chi connectivity index (χ2v) is 6.50. The van der Waals surface area contributed by atoms with E-state index in [2.05, 4.69) is 20.8 Å². The fourth-order valence-electron chi connectivity index (χ4n) is 2.28. The van der Waals surface area contributed by atoms with Crippen LogP contribution < -0.4 is 10.6 Å². The molecule has 2 amide bonds. The van der Waals surface area contributed by atoms with Crippen LogP contribution in [0.15, 0.2) is 18.3 Å². The van der Waals surface area contributed by atoms with E-state index in [1.165, 1.54) is 17.5 Å². The molecule has 0 saturated heterocycles. The van der Waals surface area contributed by atoms with Gasteiger partial charge < -0.3 is 10.6 Å². The standard InChI is InChI=1S/C15H18F3N5O2S/c1-9(24)20-11(4-6-26-2)14(25)19-8-13-22-21-12-7-10(15(16,17)18)3-5-23(12)13/h3,5,7,11H,4,6,8H2,1-2H3,(H,19,25)(H,20,24)/t11-/m1/s1. The lowest BCUT2D eigenvalue weighted by Crippen LogP contribution is -2.46. The van der Waals surface area contributed by atoms with Crippen molar-refractivity contribution in [3.05, 3.63) is 29.7 Å². The third-order valence-corrected chi connectivity index (χ3v) is 4.18. The van der Waals surface area contributed by atoms with Crippen LogP contribution in [0.1, 0.15) is 24.7 Å². The molecule has 0 radical (unpaired) electrons. The monoisotopic (exact) mass is 389 g/mol. The summed E-state index contributed by atoms with van der Waals surface area (Å²) in [6.45, 7) is 1.30. The Labute approximate surface area is 151 Å². The maximum absolute atomic E-state index is 12.7. The first kappa shape index (κ1) is 20.0. The SMILES string of the molecule is CSCC[C@@H](NC(C)=O)C(=O)NCc1nnc2cc(C(F)(F)F)ccn12. The van der Waals surface area contributed by atoms with Crippen LogP contribution in [0.4, 0.5) is 13.2 Å². The molecule has 0 aliphatic rings. The Kier molecular flexibility index (Phi) is 6.46. The average molecular weight is 389 g/mol. The van der Waals surface area contributed by atoms with Gasteiger partial charge in [0.05, 0.1) is 12.1 Å². The van der Waals surface area contributed by atoms with Crippen LogP contribution in [0.2, 0.25) is 0 Å². The zero-order chi connectivity index (χ0) is 19.3. The van der Waals surface area contributed by atoms with Gasteiger partial charge in [-0.3, -0.25) is 14.0 Å². The van der Waals surface area contributed by atoms with E-state index in [9.17, 15) is 22.8 Å². The van der Waals surface area contributed by atoms with E-state index in [-0.39, 0.29) is 23.9 Å². The molecule has 7 nitrogen and oxygen atoms in total. The molecule has 0 spiro atoms. The largest absolute Gasteiger partial charge is 0.416 e. The maximum Gasteiger partial charge on any atom is 0.416 e. The molecular formula is C15H18F3N5O2S. The molecule has 11 heteroatoms. The second-order valence-electron chi connectivity index (χ2n) is 5.51. The quantitative estimate of drug-likeness (QED) is 0.751. The number of fused-ring (bicyclic) bond motifs is 1. The summed E-state index contributed by atoms with van der Waals surface area (Å²) in [4.78, 5) is 23.5. The molecule has 0 unspecified atom stereocenters. The van der Waals surface area contributed by atoms with Gasteiger partial charge in [-0.2, -0.15) is 24.9 Å². The van der Waals surface area contributed by atoms with Gasteiger partial charge in [-0.05, 0) is 30.6 Å². The predicted molar refractivity (Wildman–Crippen MR) is 90.4 cm³/mol. The molecule has 2 heterocycles. The molecule has 26 heavy (non-hydrogen) atoms. The number of nitrogens with zero attached hydrogens (tertiary/aromatic N) is 3. The maximum atomic E-state index is 12.7. The molecule has 2 aromatic heterocycles. The number of thioether (sulfide) groups is 1. The van der Waals surface area contributed by atoms with E-state index in [0.717, 1.165) is 12.1 Å². The van der Waals surface area contributed by atoms with E-state index in [4.69, 9.17) is 0 Å². The summed E-state index contributed by atoms with van der Waals surface area (Å²) in [5.74, 6) is 0.261. The number of alkyl halides is 3. The lowest BCUT2D eigenvalue weighted by Gasteiger charge is -2.16. The lowest BCUT2D eigenvalue weighted by atomic mass is 10.2. The van der Waals surface area contributed by atoms with Crippen LogP contribution in [0.3, 0.4) is 0 Å². The molecule has 1 atom stereocenters. The van der Waals surface area contributed by atoms with Gasteiger partial charge in [-0.25, -0.2) is 0 Å². The van der Waals surface area contributed by atoms with E-state index < -0.39 is 23.7 Å². The molecule has 0 bridgehead atoms. The summed E-state index contributed by atoms with van der Waals surface area (Å²) in [7, 11) is 0. The summed E-state index contributed by atoms with van der Waals surface area (Å²) in [5.41, 5.74) is -0.791. The van der Waals surface area contributed by atoms with Gasteiger partial charge >= 0.3 is 6.18 Å². The first-order valence-electron chi connectivity index (χ1n) is 7.67. The van der Waals surface area contributed by atoms with E-state index in [1.807, 2.05) is 6.26 Å². The zero-order valence-electron chi connectivity index (χ0n) is 14.1. The molecule has 2 aromatic rings. The fraction of sp³-hybridized carbons (Fsp3) is 0.467. The van der Waals surface area contributed by atoms with Gasteiger partial charge in [-0.15, -0.1) is 10.2 Å². The Morgan fingerprint density at radius 1 is 1.35 bits per heavy atom. The van der Waals surface area contributed by atoms with Crippen molar-refractivity contribution in [2.45, 2.75) is 32.1 Å². The van der Waals surface area contributed by atoms with Crippen LogP contribution >= 0.6 is 11.8 Å². The van der Waals surface area contributed by atoms with Crippen molar-refractivity contribution in [3.8, 4) is 0 Å². The van der Waals surface area contributed by atoms with Crippen molar-refractivity contribution in [2.24, 2.45) is 0 Å². The van der Waals surface area contributed by atoms with Crippen molar-refractivity contribution in [3.63, 3.8) is 0 Å². The molecule has 0 aromatic carbocycles. The fourth-order valence-corrected chi connectivity index (χ4v) is 2.75. The number of halogens is 3. The van der Waals surface area contributed by atoms with Gasteiger partial charge in [0.25, 0.3) is 0 Å². The summed E-state index contributed by atoms with van der Waals surface area (Å²) >= 11 is 1.55. The van der Waals surface area contributed by atoms with E-state index in [1.54, 1.807) is 11.8 Å².